The average Bonchev–Trinajstić information content (AvgIpc) is 3.35. The highest BCUT2D eigenvalue weighted by molar-refractivity contribution is 14.1. The molecule has 2 amide bonds. The van der Waals surface area contributed by atoms with Crippen molar-refractivity contribution in [2.75, 3.05) is 19.7 Å². The molecular formula is C18H18ClIN6O4. The third kappa shape index (κ3) is 6.42. The lowest BCUT2D eigenvalue weighted by atomic mass is 10.2. The summed E-state index contributed by atoms with van der Waals surface area (Å²) >= 11 is 8.09. The molecule has 0 saturated heterocycles. The number of rotatable bonds is 9. The molecule has 0 aliphatic rings. The van der Waals surface area contributed by atoms with Gasteiger partial charge in [-0.2, -0.15) is 10.1 Å². The van der Waals surface area contributed by atoms with Gasteiger partial charge in [0.25, 0.3) is 5.91 Å². The number of ether oxygens (including phenoxy) is 1. The van der Waals surface area contributed by atoms with Crippen molar-refractivity contribution in [1.29, 1.82) is 0 Å². The van der Waals surface area contributed by atoms with Crippen molar-refractivity contribution in [3.63, 3.8) is 0 Å². The molecule has 0 atom stereocenters. The second kappa shape index (κ2) is 10.4. The minimum atomic E-state index is -0.522. The normalized spacial score (nSPS) is 10.6. The van der Waals surface area contributed by atoms with E-state index in [0.29, 0.717) is 23.1 Å². The molecule has 3 aromatic rings. The molecular weight excluding hydrogens is 527 g/mol. The molecule has 158 valence electrons. The zero-order valence-electron chi connectivity index (χ0n) is 15.9. The number of nitrogens with zero attached hydrogens (tertiary/aromatic N) is 4. The summed E-state index contributed by atoms with van der Waals surface area (Å²) in [5.74, 6) is -0.101. The van der Waals surface area contributed by atoms with E-state index in [-0.39, 0.29) is 31.5 Å². The molecule has 2 N–H and O–H groups in total. The quantitative estimate of drug-likeness (QED) is 0.311. The van der Waals surface area contributed by atoms with Gasteiger partial charge in [0.2, 0.25) is 0 Å². The number of halogens is 2. The Morgan fingerprint density at radius 3 is 2.83 bits per heavy atom. The lowest BCUT2D eigenvalue weighted by molar-refractivity contribution is -0.123. The fourth-order valence-electron chi connectivity index (χ4n) is 2.34. The number of amides is 2. The molecule has 0 radical (unpaired) electrons. The highest BCUT2D eigenvalue weighted by Gasteiger charge is 2.15. The minimum absolute atomic E-state index is 0.144. The number of hydrogen-bond acceptors (Lipinski definition) is 7. The summed E-state index contributed by atoms with van der Waals surface area (Å²) in [5.41, 5.74) is 0.862. The largest absolute Gasteiger partial charge is 0.484 e. The lowest BCUT2D eigenvalue weighted by Gasteiger charge is -2.08. The summed E-state index contributed by atoms with van der Waals surface area (Å²) in [4.78, 5) is 27.9. The number of aryl methyl sites for hydroxylation is 1. The Kier molecular flexibility index (Phi) is 7.63. The number of benzene rings is 1. The summed E-state index contributed by atoms with van der Waals surface area (Å²) in [6.07, 6.45) is 3.52. The van der Waals surface area contributed by atoms with Crippen LogP contribution >= 0.6 is 34.2 Å². The number of aromatic nitrogens is 4. The highest BCUT2D eigenvalue weighted by atomic mass is 127. The molecule has 0 unspecified atom stereocenters. The van der Waals surface area contributed by atoms with Crippen LogP contribution in [0, 0.1) is 10.5 Å². The van der Waals surface area contributed by atoms with E-state index in [9.17, 15) is 9.59 Å². The second-order valence-electron chi connectivity index (χ2n) is 6.18. The molecule has 0 aliphatic heterocycles. The number of nitrogens with one attached hydrogen (secondary N) is 2. The molecule has 10 nitrogen and oxygen atoms in total. The standard InChI is InChI=1S/C18H18ClIN6O4/c1-11-6-13(2-3-14(11)19)29-10-16(27)21-4-5-22-17(28)18-24-15(25-30-18)9-26-8-12(20)7-23-26/h2-3,6-8H,4-5,9-10H2,1H3,(H,21,27)(H,22,28). The van der Waals surface area contributed by atoms with Crippen LogP contribution in [0.2, 0.25) is 5.02 Å². The van der Waals surface area contributed by atoms with Crippen molar-refractivity contribution in [2.45, 2.75) is 13.5 Å². The minimum Gasteiger partial charge on any atom is -0.484 e. The Morgan fingerprint density at radius 1 is 1.30 bits per heavy atom. The Hall–Kier alpha value is -2.67. The Labute approximate surface area is 190 Å². The molecule has 12 heteroatoms. The summed E-state index contributed by atoms with van der Waals surface area (Å²) in [6.45, 7) is 2.42. The summed E-state index contributed by atoms with van der Waals surface area (Å²) in [7, 11) is 0. The van der Waals surface area contributed by atoms with Crippen LogP contribution in [0.3, 0.4) is 0 Å². The maximum absolute atomic E-state index is 12.1. The van der Waals surface area contributed by atoms with Gasteiger partial charge >= 0.3 is 11.8 Å². The Bertz CT molecular complexity index is 1040. The predicted octanol–water partition coefficient (Wildman–Crippen LogP) is 1.81. The second-order valence-corrected chi connectivity index (χ2v) is 7.83. The van der Waals surface area contributed by atoms with Crippen LogP contribution in [0.4, 0.5) is 0 Å². The van der Waals surface area contributed by atoms with Gasteiger partial charge in [0.1, 0.15) is 12.3 Å². The van der Waals surface area contributed by atoms with Crippen LogP contribution in [0.15, 0.2) is 35.1 Å². The van der Waals surface area contributed by atoms with Crippen LogP contribution in [0.25, 0.3) is 0 Å². The first-order valence-corrected chi connectivity index (χ1v) is 10.3. The van der Waals surface area contributed by atoms with E-state index in [2.05, 4.69) is 48.5 Å². The predicted molar refractivity (Wildman–Crippen MR) is 115 cm³/mol. The van der Waals surface area contributed by atoms with E-state index in [1.807, 2.05) is 13.1 Å². The molecule has 0 bridgehead atoms. The number of carbonyl (C=O) groups excluding carboxylic acids is 2. The van der Waals surface area contributed by atoms with Crippen LogP contribution in [-0.4, -0.2) is 51.4 Å². The first-order valence-electron chi connectivity index (χ1n) is 8.85. The molecule has 30 heavy (non-hydrogen) atoms. The molecule has 0 saturated carbocycles. The fraction of sp³-hybridized carbons (Fsp3) is 0.278. The lowest BCUT2D eigenvalue weighted by Crippen LogP contribution is -2.36. The van der Waals surface area contributed by atoms with Gasteiger partial charge in [0, 0.05) is 24.3 Å². The van der Waals surface area contributed by atoms with Crippen LogP contribution < -0.4 is 15.4 Å². The average molecular weight is 545 g/mol. The van der Waals surface area contributed by atoms with E-state index in [4.69, 9.17) is 20.9 Å². The molecule has 2 heterocycles. The summed E-state index contributed by atoms with van der Waals surface area (Å²) in [5, 5.41) is 13.7. The first-order chi connectivity index (χ1) is 14.4. The van der Waals surface area contributed by atoms with Gasteiger partial charge in [-0.3, -0.25) is 14.3 Å². The third-order valence-corrected chi connectivity index (χ3v) is 4.78. The van der Waals surface area contributed by atoms with Gasteiger partial charge in [-0.25, -0.2) is 0 Å². The van der Waals surface area contributed by atoms with Gasteiger partial charge in [-0.05, 0) is 53.3 Å². The van der Waals surface area contributed by atoms with E-state index >= 15 is 0 Å². The van der Waals surface area contributed by atoms with Crippen molar-refractivity contribution in [3.8, 4) is 5.75 Å². The van der Waals surface area contributed by atoms with E-state index in [1.165, 1.54) is 0 Å². The molecule has 2 aromatic heterocycles. The topological polar surface area (TPSA) is 124 Å². The fourth-order valence-corrected chi connectivity index (χ4v) is 2.90. The summed E-state index contributed by atoms with van der Waals surface area (Å²) in [6, 6.07) is 5.15. The van der Waals surface area contributed by atoms with Crippen LogP contribution in [-0.2, 0) is 11.3 Å². The maximum atomic E-state index is 12.1. The SMILES string of the molecule is Cc1cc(OCC(=O)NCCNC(=O)c2nc(Cn3cc(I)cn3)no2)ccc1Cl. The Morgan fingerprint density at radius 2 is 2.10 bits per heavy atom. The highest BCUT2D eigenvalue weighted by Crippen LogP contribution is 2.20. The Balaban J connectivity index is 1.35. The number of hydrogen-bond donors (Lipinski definition) is 2. The number of carbonyl (C=O) groups is 2. The molecule has 0 fully saturated rings. The van der Waals surface area contributed by atoms with Gasteiger partial charge in [0.05, 0.1) is 9.77 Å². The van der Waals surface area contributed by atoms with Crippen LogP contribution in [0.1, 0.15) is 22.1 Å². The zero-order chi connectivity index (χ0) is 21.5. The smallest absolute Gasteiger partial charge is 0.316 e. The van der Waals surface area contributed by atoms with Crippen molar-refractivity contribution >= 4 is 46.0 Å². The molecule has 1 aromatic carbocycles. The summed E-state index contributed by atoms with van der Waals surface area (Å²) < 4.78 is 13.0. The van der Waals surface area contributed by atoms with Crippen molar-refractivity contribution in [3.05, 3.63) is 56.5 Å². The van der Waals surface area contributed by atoms with Crippen molar-refractivity contribution in [1.82, 2.24) is 30.6 Å². The van der Waals surface area contributed by atoms with Gasteiger partial charge in [-0.15, -0.1) is 0 Å². The van der Waals surface area contributed by atoms with Crippen molar-refractivity contribution in [2.24, 2.45) is 0 Å². The molecule has 3 rings (SSSR count). The maximum Gasteiger partial charge on any atom is 0.316 e. The van der Waals surface area contributed by atoms with E-state index in [1.54, 1.807) is 29.1 Å². The van der Waals surface area contributed by atoms with Crippen LogP contribution in [0.5, 0.6) is 5.75 Å². The monoisotopic (exact) mass is 544 g/mol. The van der Waals surface area contributed by atoms with Gasteiger partial charge in [-0.1, -0.05) is 16.8 Å². The van der Waals surface area contributed by atoms with Crippen molar-refractivity contribution < 1.29 is 18.8 Å². The molecule has 0 aliphatic carbocycles. The molecule has 0 spiro atoms. The van der Waals surface area contributed by atoms with E-state index < -0.39 is 5.91 Å². The van der Waals surface area contributed by atoms with Gasteiger partial charge < -0.3 is 19.9 Å². The van der Waals surface area contributed by atoms with Gasteiger partial charge in [0.15, 0.2) is 12.4 Å². The first kappa shape index (κ1) is 22.0. The van der Waals surface area contributed by atoms with E-state index in [0.717, 1.165) is 9.13 Å². The zero-order valence-corrected chi connectivity index (χ0v) is 18.8. The third-order valence-electron chi connectivity index (χ3n) is 3.80.